The lowest BCUT2D eigenvalue weighted by atomic mass is 10.2. The van der Waals surface area contributed by atoms with E-state index in [0.29, 0.717) is 12.0 Å². The minimum atomic E-state index is -0.472. The molecule has 0 aromatic heterocycles. The fraction of sp³-hybridized carbons (Fsp3) is 0.100. The summed E-state index contributed by atoms with van der Waals surface area (Å²) in [6.45, 7) is 3.47. The van der Waals surface area contributed by atoms with E-state index < -0.39 is 5.43 Å². The van der Waals surface area contributed by atoms with Crippen molar-refractivity contribution < 1.29 is 10.2 Å². The molecule has 68 valence electrons. The minimum absolute atomic E-state index is 0.0470. The third-order valence-corrected chi connectivity index (χ3v) is 1.62. The van der Waals surface area contributed by atoms with Crippen LogP contribution in [0.15, 0.2) is 35.6 Å². The van der Waals surface area contributed by atoms with Gasteiger partial charge in [-0.05, 0) is 24.6 Å². The van der Waals surface area contributed by atoms with Gasteiger partial charge in [0.05, 0.1) is 0 Å². The molecule has 0 aliphatic heterocycles. The number of aromatic hydroxyl groups is 2. The average molecular weight is 178 g/mol. The quantitative estimate of drug-likeness (QED) is 0.669. The lowest BCUT2D eigenvalue weighted by Gasteiger charge is -1.89. The zero-order valence-corrected chi connectivity index (χ0v) is 7.03. The van der Waals surface area contributed by atoms with Crippen LogP contribution in [0.5, 0.6) is 11.5 Å². The van der Waals surface area contributed by atoms with E-state index in [-0.39, 0.29) is 11.5 Å². The Bertz CT molecular complexity index is 383. The van der Waals surface area contributed by atoms with Crippen LogP contribution in [0.4, 0.5) is 0 Å². The Hall–Kier alpha value is -1.77. The fourth-order valence-electron chi connectivity index (χ4n) is 1.00. The van der Waals surface area contributed by atoms with E-state index in [9.17, 15) is 4.79 Å². The molecule has 2 N–H and O–H groups in total. The van der Waals surface area contributed by atoms with Gasteiger partial charge >= 0.3 is 0 Å². The maximum absolute atomic E-state index is 11.3. The second-order valence-corrected chi connectivity index (χ2v) is 2.63. The SMILES string of the molecule is C=CCc1cc(O)ccc(O)c1=O. The molecule has 1 rings (SSSR count). The normalized spacial score (nSPS) is 9.54. The lowest BCUT2D eigenvalue weighted by molar-refractivity contribution is 0.467. The molecule has 1 aromatic rings. The first-order valence-electron chi connectivity index (χ1n) is 3.81. The van der Waals surface area contributed by atoms with Crippen LogP contribution < -0.4 is 5.43 Å². The van der Waals surface area contributed by atoms with Crippen molar-refractivity contribution in [2.24, 2.45) is 0 Å². The molecular weight excluding hydrogens is 168 g/mol. The monoisotopic (exact) mass is 178 g/mol. The Morgan fingerprint density at radius 2 is 2.08 bits per heavy atom. The molecule has 0 spiro atoms. The standard InChI is InChI=1S/C10H10O3/c1-2-3-7-6-8(11)4-5-9(12)10(7)13/h2,4-6,11H,1,3H2,(H,12,13). The van der Waals surface area contributed by atoms with Crippen molar-refractivity contribution in [3.8, 4) is 11.5 Å². The molecule has 13 heavy (non-hydrogen) atoms. The summed E-state index contributed by atoms with van der Waals surface area (Å²) in [6.07, 6.45) is 1.87. The smallest absolute Gasteiger partial charge is 0.223 e. The van der Waals surface area contributed by atoms with Gasteiger partial charge in [-0.1, -0.05) is 6.08 Å². The average Bonchev–Trinajstić information content (AvgIpc) is 2.21. The highest BCUT2D eigenvalue weighted by Gasteiger charge is 2.01. The van der Waals surface area contributed by atoms with Crippen molar-refractivity contribution in [2.75, 3.05) is 0 Å². The van der Waals surface area contributed by atoms with Gasteiger partial charge in [-0.2, -0.15) is 0 Å². The van der Waals surface area contributed by atoms with Crippen LogP contribution in [0.25, 0.3) is 0 Å². The van der Waals surface area contributed by atoms with Crippen molar-refractivity contribution in [1.29, 1.82) is 0 Å². The molecule has 0 atom stereocenters. The van der Waals surface area contributed by atoms with Gasteiger partial charge in [0.15, 0.2) is 5.75 Å². The highest BCUT2D eigenvalue weighted by Crippen LogP contribution is 2.11. The van der Waals surface area contributed by atoms with Crippen LogP contribution in [0.3, 0.4) is 0 Å². The second kappa shape index (κ2) is 3.76. The van der Waals surface area contributed by atoms with E-state index in [4.69, 9.17) is 10.2 Å². The third kappa shape index (κ3) is 2.08. The summed E-state index contributed by atoms with van der Waals surface area (Å²) >= 11 is 0. The molecular formula is C10H10O3. The van der Waals surface area contributed by atoms with E-state index in [2.05, 4.69) is 6.58 Å². The summed E-state index contributed by atoms with van der Waals surface area (Å²) < 4.78 is 0. The van der Waals surface area contributed by atoms with Gasteiger partial charge in [-0.25, -0.2) is 0 Å². The summed E-state index contributed by atoms with van der Waals surface area (Å²) in [4.78, 5) is 11.3. The number of hydrogen-bond acceptors (Lipinski definition) is 3. The van der Waals surface area contributed by atoms with Crippen LogP contribution in [0.1, 0.15) is 5.56 Å². The molecule has 3 heteroatoms. The van der Waals surface area contributed by atoms with E-state index in [1.807, 2.05) is 0 Å². The molecule has 0 saturated carbocycles. The number of allylic oxidation sites excluding steroid dienone is 1. The molecule has 1 aromatic carbocycles. The maximum atomic E-state index is 11.3. The largest absolute Gasteiger partial charge is 0.508 e. The van der Waals surface area contributed by atoms with Crippen LogP contribution in [-0.4, -0.2) is 10.2 Å². The van der Waals surface area contributed by atoms with Gasteiger partial charge in [-0.3, -0.25) is 4.79 Å². The Kier molecular flexibility index (Phi) is 2.69. The fourth-order valence-corrected chi connectivity index (χ4v) is 1.00. The first kappa shape index (κ1) is 9.32. The van der Waals surface area contributed by atoms with Gasteiger partial charge in [0.2, 0.25) is 5.43 Å². The van der Waals surface area contributed by atoms with Gasteiger partial charge in [-0.15, -0.1) is 6.58 Å². The highest BCUT2D eigenvalue weighted by atomic mass is 16.3. The molecule has 3 nitrogen and oxygen atoms in total. The molecule has 0 radical (unpaired) electrons. The van der Waals surface area contributed by atoms with Gasteiger partial charge in [0, 0.05) is 5.56 Å². The van der Waals surface area contributed by atoms with E-state index in [1.165, 1.54) is 24.3 Å². The van der Waals surface area contributed by atoms with E-state index in [0.717, 1.165) is 0 Å². The predicted molar refractivity (Wildman–Crippen MR) is 49.9 cm³/mol. The van der Waals surface area contributed by atoms with E-state index in [1.54, 1.807) is 0 Å². The van der Waals surface area contributed by atoms with Gasteiger partial charge < -0.3 is 10.2 Å². The molecule has 0 heterocycles. The molecule has 0 aliphatic rings. The summed E-state index contributed by atoms with van der Waals surface area (Å²) in [7, 11) is 0. The highest BCUT2D eigenvalue weighted by molar-refractivity contribution is 5.33. The molecule has 0 aliphatic carbocycles. The van der Waals surface area contributed by atoms with Crippen molar-refractivity contribution in [1.82, 2.24) is 0 Å². The van der Waals surface area contributed by atoms with Crippen LogP contribution >= 0.6 is 0 Å². The third-order valence-electron chi connectivity index (χ3n) is 1.62. The molecule has 0 saturated heterocycles. The second-order valence-electron chi connectivity index (χ2n) is 2.63. The Morgan fingerprint density at radius 3 is 2.69 bits per heavy atom. The molecule has 0 bridgehead atoms. The molecule has 0 unspecified atom stereocenters. The summed E-state index contributed by atoms with van der Waals surface area (Å²) in [6, 6.07) is 3.76. The zero-order chi connectivity index (χ0) is 9.84. The topological polar surface area (TPSA) is 57.5 Å². The summed E-state index contributed by atoms with van der Waals surface area (Å²) in [5.74, 6) is -0.411. The predicted octanol–water partition coefficient (Wildman–Crippen LogP) is 1.19. The lowest BCUT2D eigenvalue weighted by Crippen LogP contribution is -2.03. The van der Waals surface area contributed by atoms with Crippen molar-refractivity contribution in [2.45, 2.75) is 6.42 Å². The van der Waals surface area contributed by atoms with Crippen molar-refractivity contribution in [3.05, 3.63) is 46.6 Å². The Morgan fingerprint density at radius 1 is 1.38 bits per heavy atom. The zero-order valence-electron chi connectivity index (χ0n) is 7.03. The minimum Gasteiger partial charge on any atom is -0.508 e. The van der Waals surface area contributed by atoms with Gasteiger partial charge in [0.1, 0.15) is 5.75 Å². The summed E-state index contributed by atoms with van der Waals surface area (Å²) in [5.41, 5.74) is -0.143. The Labute approximate surface area is 75.6 Å². The maximum Gasteiger partial charge on any atom is 0.223 e. The van der Waals surface area contributed by atoms with Crippen LogP contribution in [0, 0.1) is 0 Å². The molecule has 0 fully saturated rings. The van der Waals surface area contributed by atoms with Crippen LogP contribution in [-0.2, 0) is 6.42 Å². The van der Waals surface area contributed by atoms with Gasteiger partial charge in [0.25, 0.3) is 0 Å². The van der Waals surface area contributed by atoms with Crippen molar-refractivity contribution >= 4 is 0 Å². The van der Waals surface area contributed by atoms with Crippen LogP contribution in [0.2, 0.25) is 0 Å². The first-order valence-corrected chi connectivity index (χ1v) is 3.81. The number of rotatable bonds is 2. The molecule has 0 amide bonds. The number of hydrogen-bond donors (Lipinski definition) is 2. The van der Waals surface area contributed by atoms with Crippen molar-refractivity contribution in [3.63, 3.8) is 0 Å². The van der Waals surface area contributed by atoms with E-state index >= 15 is 0 Å². The summed E-state index contributed by atoms with van der Waals surface area (Å²) in [5, 5.41) is 18.3. The Balaban J connectivity index is 3.42. The first-order chi connectivity index (χ1) is 6.15.